The van der Waals surface area contributed by atoms with Crippen LogP contribution in [0.3, 0.4) is 0 Å². The maximum Gasteiger partial charge on any atom is 0.345 e. The Hall–Kier alpha value is -4.30. The normalized spacial score (nSPS) is 11.2. The molecule has 0 bridgehead atoms. The Bertz CT molecular complexity index is 1900. The smallest absolute Gasteiger partial charge is 0.345 e. The zero-order valence-corrected chi connectivity index (χ0v) is 25.7. The lowest BCUT2D eigenvalue weighted by Gasteiger charge is -2.12. The number of benzene rings is 4. The molecule has 0 aliphatic carbocycles. The summed E-state index contributed by atoms with van der Waals surface area (Å²) in [5, 5.41) is 6.18. The molecular formula is C33H26Cl3N3O4. The number of hydrazone groups is 1. The fourth-order valence-corrected chi connectivity index (χ4v) is 5.47. The molecule has 0 aliphatic heterocycles. The van der Waals surface area contributed by atoms with Crippen LogP contribution in [0.15, 0.2) is 77.9 Å². The van der Waals surface area contributed by atoms with E-state index in [4.69, 9.17) is 44.3 Å². The van der Waals surface area contributed by atoms with Crippen molar-refractivity contribution in [3.8, 4) is 22.6 Å². The predicted molar refractivity (Wildman–Crippen MR) is 172 cm³/mol. The van der Waals surface area contributed by atoms with Gasteiger partial charge in [-0.3, -0.25) is 4.79 Å². The van der Waals surface area contributed by atoms with Gasteiger partial charge in [-0.2, -0.15) is 5.10 Å². The highest BCUT2D eigenvalue weighted by Gasteiger charge is 2.22. The molecule has 0 radical (unpaired) electrons. The second-order valence-corrected chi connectivity index (χ2v) is 11.0. The lowest BCUT2D eigenvalue weighted by molar-refractivity contribution is 0.0728. The van der Waals surface area contributed by atoms with Crippen molar-refractivity contribution in [2.75, 3.05) is 6.61 Å². The van der Waals surface area contributed by atoms with E-state index in [-0.39, 0.29) is 16.3 Å². The summed E-state index contributed by atoms with van der Waals surface area (Å²) < 4.78 is 11.2. The van der Waals surface area contributed by atoms with Gasteiger partial charge < -0.3 is 14.5 Å². The number of ether oxygens (including phenoxy) is 2. The molecule has 1 aromatic heterocycles. The number of carbonyl (C=O) groups excluding carboxylic acids is 2. The van der Waals surface area contributed by atoms with Gasteiger partial charge in [0.2, 0.25) is 0 Å². The third-order valence-electron chi connectivity index (χ3n) is 6.62. The van der Waals surface area contributed by atoms with Crippen molar-refractivity contribution in [3.63, 3.8) is 0 Å². The highest BCUT2D eigenvalue weighted by Crippen LogP contribution is 2.38. The minimum Gasteiger partial charge on any atom is -0.490 e. The van der Waals surface area contributed by atoms with Crippen molar-refractivity contribution >= 4 is 63.8 Å². The van der Waals surface area contributed by atoms with Gasteiger partial charge in [0.15, 0.2) is 11.5 Å². The van der Waals surface area contributed by atoms with E-state index >= 15 is 0 Å². The maximum atomic E-state index is 13.4. The number of H-pyrrole nitrogens is 1. The number of fused-ring (bicyclic) bond motifs is 1. The molecule has 0 fully saturated rings. The molecule has 7 nitrogen and oxygen atoms in total. The van der Waals surface area contributed by atoms with Crippen molar-refractivity contribution in [2.24, 2.45) is 5.10 Å². The number of rotatable bonds is 8. The zero-order chi connectivity index (χ0) is 30.7. The van der Waals surface area contributed by atoms with Crippen LogP contribution in [0.2, 0.25) is 15.1 Å². The number of aromatic nitrogens is 1. The van der Waals surface area contributed by atoms with Crippen LogP contribution in [-0.4, -0.2) is 29.7 Å². The molecule has 1 amide bonds. The summed E-state index contributed by atoms with van der Waals surface area (Å²) in [5.41, 5.74) is 8.07. The number of nitrogens with one attached hydrogen (secondary N) is 2. The summed E-state index contributed by atoms with van der Waals surface area (Å²) in [7, 11) is 0. The van der Waals surface area contributed by atoms with Crippen LogP contribution in [-0.2, 0) is 0 Å². The van der Waals surface area contributed by atoms with E-state index in [1.807, 2.05) is 45.0 Å². The average molecular weight is 635 g/mol. The number of carbonyl (C=O) groups is 2. The first kappa shape index (κ1) is 30.2. The number of amides is 1. The van der Waals surface area contributed by atoms with Crippen LogP contribution in [0.1, 0.15) is 44.5 Å². The van der Waals surface area contributed by atoms with E-state index < -0.39 is 11.9 Å². The van der Waals surface area contributed by atoms with E-state index in [0.717, 1.165) is 27.6 Å². The summed E-state index contributed by atoms with van der Waals surface area (Å²) >= 11 is 18.6. The SMILES string of the molecule is CCOc1cc(C=NNC(=O)c2[nH]c3c(C)cc(C)cc3c2-c2ccccc2Cl)ccc1OC(=O)c1ccc(Cl)cc1Cl. The quantitative estimate of drug-likeness (QED) is 0.0772. The van der Waals surface area contributed by atoms with Gasteiger partial charge in [0.1, 0.15) is 5.69 Å². The fourth-order valence-electron chi connectivity index (χ4n) is 4.76. The number of aryl methyl sites for hydroxylation is 2. The van der Waals surface area contributed by atoms with E-state index in [9.17, 15) is 9.59 Å². The number of nitrogens with zero attached hydrogens (tertiary/aromatic N) is 1. The Kier molecular flexibility index (Phi) is 9.06. The van der Waals surface area contributed by atoms with Crippen molar-refractivity contribution in [2.45, 2.75) is 20.8 Å². The molecule has 1 heterocycles. The topological polar surface area (TPSA) is 92.8 Å². The minimum absolute atomic E-state index is 0.167. The van der Waals surface area contributed by atoms with Crippen molar-refractivity contribution in [1.29, 1.82) is 0 Å². The van der Waals surface area contributed by atoms with Gasteiger partial charge >= 0.3 is 5.97 Å². The molecule has 4 aromatic carbocycles. The van der Waals surface area contributed by atoms with Gasteiger partial charge in [-0.15, -0.1) is 0 Å². The molecule has 5 rings (SSSR count). The first-order valence-electron chi connectivity index (χ1n) is 13.3. The second-order valence-electron chi connectivity index (χ2n) is 9.71. The molecule has 218 valence electrons. The average Bonchev–Trinajstić information content (AvgIpc) is 3.34. The molecule has 43 heavy (non-hydrogen) atoms. The summed E-state index contributed by atoms with van der Waals surface area (Å²) in [4.78, 5) is 29.4. The van der Waals surface area contributed by atoms with Crippen LogP contribution in [0, 0.1) is 13.8 Å². The van der Waals surface area contributed by atoms with E-state index in [0.29, 0.717) is 39.2 Å². The first-order valence-corrected chi connectivity index (χ1v) is 14.4. The summed E-state index contributed by atoms with van der Waals surface area (Å²) in [6.45, 7) is 6.13. The standard InChI is InChI=1S/C33H26Cl3N3O4/c1-4-42-28-15-20(9-12-27(28)43-33(41)23-11-10-21(34)16-26(23)36)17-37-39-32(40)31-29(22-7-5-6-8-25(22)35)24-14-18(2)13-19(3)30(24)38-31/h5-17,38H,4H2,1-3H3,(H,39,40). The zero-order valence-electron chi connectivity index (χ0n) is 23.4. The van der Waals surface area contributed by atoms with Crippen molar-refractivity contribution < 1.29 is 19.1 Å². The van der Waals surface area contributed by atoms with Crippen LogP contribution in [0.25, 0.3) is 22.0 Å². The summed E-state index contributed by atoms with van der Waals surface area (Å²) in [6.07, 6.45) is 1.47. The van der Waals surface area contributed by atoms with Gasteiger partial charge in [0, 0.05) is 32.1 Å². The van der Waals surface area contributed by atoms with Gasteiger partial charge in [-0.25, -0.2) is 10.2 Å². The monoisotopic (exact) mass is 633 g/mol. The van der Waals surface area contributed by atoms with Gasteiger partial charge in [0.25, 0.3) is 5.91 Å². The van der Waals surface area contributed by atoms with Gasteiger partial charge in [-0.1, -0.05) is 64.6 Å². The highest BCUT2D eigenvalue weighted by atomic mass is 35.5. The van der Waals surface area contributed by atoms with Gasteiger partial charge in [-0.05, 0) is 80.4 Å². The van der Waals surface area contributed by atoms with Crippen molar-refractivity contribution in [3.05, 3.63) is 116 Å². The number of hydrogen-bond donors (Lipinski definition) is 2. The predicted octanol–water partition coefficient (Wildman–Crippen LogP) is 8.79. The molecular weight excluding hydrogens is 609 g/mol. The van der Waals surface area contributed by atoms with Crippen LogP contribution in [0.5, 0.6) is 11.5 Å². The van der Waals surface area contributed by atoms with E-state index in [1.54, 1.807) is 30.3 Å². The third kappa shape index (κ3) is 6.54. The number of hydrogen-bond acceptors (Lipinski definition) is 5. The highest BCUT2D eigenvalue weighted by molar-refractivity contribution is 6.36. The Morgan fingerprint density at radius 3 is 2.47 bits per heavy atom. The Balaban J connectivity index is 1.40. The van der Waals surface area contributed by atoms with Crippen molar-refractivity contribution in [1.82, 2.24) is 10.4 Å². The molecule has 2 N–H and O–H groups in total. The third-order valence-corrected chi connectivity index (χ3v) is 7.50. The molecule has 5 aromatic rings. The molecule has 10 heteroatoms. The van der Waals surface area contributed by atoms with Crippen LogP contribution >= 0.6 is 34.8 Å². The molecule has 0 saturated heterocycles. The largest absolute Gasteiger partial charge is 0.490 e. The van der Waals surface area contributed by atoms with Crippen LogP contribution < -0.4 is 14.9 Å². The Morgan fingerprint density at radius 2 is 1.72 bits per heavy atom. The second kappa shape index (κ2) is 12.9. The molecule has 0 saturated carbocycles. The first-order chi connectivity index (χ1) is 20.7. The van der Waals surface area contributed by atoms with E-state index in [1.165, 1.54) is 18.3 Å². The lowest BCUT2D eigenvalue weighted by Crippen LogP contribution is -2.19. The van der Waals surface area contributed by atoms with Crippen LogP contribution in [0.4, 0.5) is 0 Å². The number of esters is 1. The molecule has 0 unspecified atom stereocenters. The minimum atomic E-state index is -0.658. The summed E-state index contributed by atoms with van der Waals surface area (Å²) in [5.74, 6) is -0.574. The fraction of sp³-hybridized carbons (Fsp3) is 0.121. The molecule has 0 atom stereocenters. The lowest BCUT2D eigenvalue weighted by atomic mass is 9.99. The number of halogens is 3. The number of aromatic amines is 1. The van der Waals surface area contributed by atoms with E-state index in [2.05, 4.69) is 21.6 Å². The Morgan fingerprint density at radius 1 is 0.930 bits per heavy atom. The van der Waals surface area contributed by atoms with Gasteiger partial charge in [0.05, 0.1) is 23.4 Å². The maximum absolute atomic E-state index is 13.4. The Labute approximate surface area is 263 Å². The molecule has 0 spiro atoms. The molecule has 0 aliphatic rings. The summed E-state index contributed by atoms with van der Waals surface area (Å²) in [6, 6.07) is 20.9.